The Morgan fingerprint density at radius 1 is 1.00 bits per heavy atom. The summed E-state index contributed by atoms with van der Waals surface area (Å²) in [5.74, 6) is 0. The van der Waals surface area contributed by atoms with Gasteiger partial charge in [-0.3, -0.25) is 0 Å². The van der Waals surface area contributed by atoms with Crippen LogP contribution in [0.3, 0.4) is 0 Å². The Kier molecular flexibility index (Phi) is 9.06. The minimum atomic E-state index is 0.257. The predicted molar refractivity (Wildman–Crippen MR) is 66.2 cm³/mol. The summed E-state index contributed by atoms with van der Waals surface area (Å²) in [4.78, 5) is 4.29. The summed E-state index contributed by atoms with van der Waals surface area (Å²) in [5.41, 5.74) is 0. The van der Waals surface area contributed by atoms with Gasteiger partial charge in [0.25, 0.3) is 0 Å². The molecule has 0 radical (unpaired) electrons. The van der Waals surface area contributed by atoms with Crippen molar-refractivity contribution in [3.05, 3.63) is 0 Å². The molecule has 1 aliphatic rings. The van der Waals surface area contributed by atoms with Crippen molar-refractivity contribution in [3.8, 4) is 0 Å². The molecule has 15 heavy (non-hydrogen) atoms. The van der Waals surface area contributed by atoms with E-state index in [4.69, 9.17) is 5.11 Å². The van der Waals surface area contributed by atoms with Crippen LogP contribution in [0.4, 0.5) is 0 Å². The van der Waals surface area contributed by atoms with Gasteiger partial charge in [0.15, 0.2) is 0 Å². The van der Waals surface area contributed by atoms with Crippen molar-refractivity contribution in [2.75, 3.05) is 41.3 Å². The van der Waals surface area contributed by atoms with Crippen LogP contribution < -0.4 is 0 Å². The topological polar surface area (TPSA) is 26.7 Å². The lowest BCUT2D eigenvalue weighted by molar-refractivity contribution is 0.229. The monoisotopic (exact) mass is 216 g/mol. The van der Waals surface area contributed by atoms with E-state index in [0.717, 1.165) is 12.6 Å². The second-order valence-electron chi connectivity index (χ2n) is 4.78. The maximum absolute atomic E-state index is 8.20. The Morgan fingerprint density at radius 2 is 1.53 bits per heavy atom. The highest BCUT2D eigenvalue weighted by molar-refractivity contribution is 4.70. The molecule has 1 rings (SSSR count). The van der Waals surface area contributed by atoms with Gasteiger partial charge in [0, 0.05) is 12.6 Å². The lowest BCUT2D eigenvalue weighted by Gasteiger charge is -2.27. The molecule has 1 saturated carbocycles. The van der Waals surface area contributed by atoms with Crippen LogP contribution in [0.1, 0.15) is 32.1 Å². The molecule has 0 heterocycles. The van der Waals surface area contributed by atoms with Crippen LogP contribution in [0, 0.1) is 0 Å². The first-order chi connectivity index (χ1) is 7.07. The van der Waals surface area contributed by atoms with Gasteiger partial charge in [-0.05, 0) is 41.0 Å². The zero-order valence-corrected chi connectivity index (χ0v) is 10.9. The second kappa shape index (κ2) is 9.13. The molecule has 1 aliphatic carbocycles. The molecule has 3 nitrogen and oxygen atoms in total. The van der Waals surface area contributed by atoms with Crippen molar-refractivity contribution in [1.29, 1.82) is 0 Å². The van der Waals surface area contributed by atoms with Gasteiger partial charge in [0.1, 0.15) is 0 Å². The van der Waals surface area contributed by atoms with Crippen LogP contribution in [-0.4, -0.2) is 62.3 Å². The van der Waals surface area contributed by atoms with Crippen molar-refractivity contribution in [1.82, 2.24) is 9.80 Å². The Bertz CT molecular complexity index is 132. The predicted octanol–water partition coefficient (Wildman–Crippen LogP) is 1.42. The van der Waals surface area contributed by atoms with Crippen molar-refractivity contribution in [3.63, 3.8) is 0 Å². The van der Waals surface area contributed by atoms with Crippen molar-refractivity contribution < 1.29 is 5.11 Å². The maximum atomic E-state index is 8.20. The van der Waals surface area contributed by atoms with Gasteiger partial charge in [0.05, 0.1) is 6.61 Å². The highest BCUT2D eigenvalue weighted by Gasteiger charge is 2.13. The van der Waals surface area contributed by atoms with Crippen molar-refractivity contribution >= 4 is 0 Å². The molecule has 0 unspecified atom stereocenters. The third-order valence-corrected chi connectivity index (χ3v) is 2.85. The van der Waals surface area contributed by atoms with Crippen LogP contribution in [-0.2, 0) is 0 Å². The number of hydrogen-bond donors (Lipinski definition) is 1. The first-order valence-corrected chi connectivity index (χ1v) is 6.00. The Balaban J connectivity index is 0.000000288. The quantitative estimate of drug-likeness (QED) is 0.773. The fourth-order valence-corrected chi connectivity index (χ4v) is 1.80. The molecule has 92 valence electrons. The van der Waals surface area contributed by atoms with Gasteiger partial charge >= 0.3 is 0 Å². The molecule has 0 aromatic carbocycles. The molecule has 0 saturated heterocycles. The third-order valence-electron chi connectivity index (χ3n) is 2.85. The van der Waals surface area contributed by atoms with E-state index < -0.39 is 0 Å². The van der Waals surface area contributed by atoms with Crippen LogP contribution in [0.5, 0.6) is 0 Å². The maximum Gasteiger partial charge on any atom is 0.0558 e. The van der Waals surface area contributed by atoms with Crippen LogP contribution in [0.15, 0.2) is 0 Å². The third kappa shape index (κ3) is 8.85. The molecule has 0 amide bonds. The number of aliphatic hydroxyl groups excluding tert-OH is 1. The number of rotatable bonds is 3. The minimum Gasteiger partial charge on any atom is -0.395 e. The molecule has 0 spiro atoms. The summed E-state index contributed by atoms with van der Waals surface area (Å²) in [5, 5.41) is 8.20. The molecule has 0 aromatic rings. The van der Waals surface area contributed by atoms with E-state index in [1.807, 2.05) is 19.0 Å². The van der Waals surface area contributed by atoms with Gasteiger partial charge in [-0.15, -0.1) is 0 Å². The van der Waals surface area contributed by atoms with Crippen molar-refractivity contribution in [2.45, 2.75) is 38.1 Å². The molecule has 0 bridgehead atoms. The Labute approximate surface area is 95.1 Å². The number of aliphatic hydroxyl groups is 1. The first-order valence-electron chi connectivity index (χ1n) is 6.00. The van der Waals surface area contributed by atoms with Gasteiger partial charge in [-0.25, -0.2) is 0 Å². The summed E-state index contributed by atoms with van der Waals surface area (Å²) in [7, 11) is 8.23. The standard InChI is InChI=1S/C8H17N.C4H11NO/c1-9(2)8-6-4-3-5-7-8;1-5(2)3-4-6/h8H,3-7H2,1-2H3;6H,3-4H2,1-2H3. The van der Waals surface area contributed by atoms with E-state index in [2.05, 4.69) is 19.0 Å². The number of nitrogens with zero attached hydrogens (tertiary/aromatic N) is 2. The van der Waals surface area contributed by atoms with E-state index in [0.29, 0.717) is 0 Å². The van der Waals surface area contributed by atoms with E-state index >= 15 is 0 Å². The highest BCUT2D eigenvalue weighted by Crippen LogP contribution is 2.20. The average molecular weight is 216 g/mol. The largest absolute Gasteiger partial charge is 0.395 e. The van der Waals surface area contributed by atoms with Crippen LogP contribution in [0.25, 0.3) is 0 Å². The Morgan fingerprint density at radius 3 is 1.73 bits per heavy atom. The molecule has 0 aromatic heterocycles. The summed E-state index contributed by atoms with van der Waals surface area (Å²) >= 11 is 0. The molecule has 0 atom stereocenters. The Hall–Kier alpha value is -0.120. The zero-order valence-electron chi connectivity index (χ0n) is 10.9. The number of likely N-dealkylation sites (N-methyl/N-ethyl adjacent to an activating group) is 1. The van der Waals surface area contributed by atoms with E-state index in [1.165, 1.54) is 32.1 Å². The lowest BCUT2D eigenvalue weighted by Crippen LogP contribution is -2.29. The summed E-state index contributed by atoms with van der Waals surface area (Å²) in [6.07, 6.45) is 7.20. The van der Waals surface area contributed by atoms with Crippen LogP contribution >= 0.6 is 0 Å². The first kappa shape index (κ1) is 14.9. The summed E-state index contributed by atoms with van der Waals surface area (Å²) < 4.78 is 0. The second-order valence-corrected chi connectivity index (χ2v) is 4.78. The van der Waals surface area contributed by atoms with Gasteiger partial charge in [-0.2, -0.15) is 0 Å². The number of hydrogen-bond acceptors (Lipinski definition) is 3. The zero-order chi connectivity index (χ0) is 11.7. The smallest absolute Gasteiger partial charge is 0.0558 e. The summed E-state index contributed by atoms with van der Waals surface area (Å²) in [6, 6.07) is 0.888. The molecule has 0 aliphatic heterocycles. The van der Waals surface area contributed by atoms with E-state index in [1.54, 1.807) is 0 Å². The SMILES string of the molecule is CN(C)C1CCCCC1.CN(C)CCO. The minimum absolute atomic E-state index is 0.257. The fourth-order valence-electron chi connectivity index (χ4n) is 1.80. The van der Waals surface area contributed by atoms with E-state index in [9.17, 15) is 0 Å². The van der Waals surface area contributed by atoms with E-state index in [-0.39, 0.29) is 6.61 Å². The van der Waals surface area contributed by atoms with Crippen LogP contribution in [0.2, 0.25) is 0 Å². The average Bonchev–Trinajstić information content (AvgIpc) is 2.20. The fraction of sp³-hybridized carbons (Fsp3) is 1.00. The molecular weight excluding hydrogens is 188 g/mol. The lowest BCUT2D eigenvalue weighted by atomic mass is 9.95. The normalized spacial score (nSPS) is 17.8. The van der Waals surface area contributed by atoms with Gasteiger partial charge in [0.2, 0.25) is 0 Å². The van der Waals surface area contributed by atoms with Crippen molar-refractivity contribution in [2.24, 2.45) is 0 Å². The molecule has 1 N–H and O–H groups in total. The molecule has 3 heteroatoms. The molecular formula is C12H28N2O. The van der Waals surface area contributed by atoms with Gasteiger partial charge < -0.3 is 14.9 Å². The molecule has 1 fully saturated rings. The summed E-state index contributed by atoms with van der Waals surface area (Å²) in [6.45, 7) is 1.02. The highest BCUT2D eigenvalue weighted by atomic mass is 16.3. The van der Waals surface area contributed by atoms with Gasteiger partial charge in [-0.1, -0.05) is 19.3 Å².